The van der Waals surface area contributed by atoms with Gasteiger partial charge < -0.3 is 10.0 Å². The van der Waals surface area contributed by atoms with Crippen LogP contribution in [-0.4, -0.2) is 65.1 Å². The van der Waals surface area contributed by atoms with Crippen molar-refractivity contribution in [1.82, 2.24) is 9.80 Å². The van der Waals surface area contributed by atoms with Crippen LogP contribution >= 0.6 is 0 Å². The van der Waals surface area contributed by atoms with Gasteiger partial charge in [0.1, 0.15) is 6.10 Å². The molecule has 21 heavy (non-hydrogen) atoms. The minimum absolute atomic E-state index is 0.000417. The lowest BCUT2D eigenvalue weighted by Crippen LogP contribution is -2.60. The standard InChI is InChI=1S/C15H26F2N2O2/c1-14(2,3)9-19-7-4-5-11(13(19)21)18-8-6-12(20)15(16,17)10-18/h11-12,20H,4-10H2,1-3H3/t11-,12+/m0/s1. The number of carbonyl (C=O) groups excluding carboxylic acids is 1. The summed E-state index contributed by atoms with van der Waals surface area (Å²) in [6.45, 7) is 7.39. The van der Waals surface area contributed by atoms with E-state index in [1.54, 1.807) is 9.80 Å². The average Bonchev–Trinajstić information content (AvgIpc) is 2.34. The number of amides is 1. The second-order valence-corrected chi connectivity index (χ2v) is 7.51. The maximum absolute atomic E-state index is 13.7. The molecule has 6 heteroatoms. The van der Waals surface area contributed by atoms with Crippen LogP contribution in [0.2, 0.25) is 0 Å². The molecule has 4 nitrogen and oxygen atoms in total. The van der Waals surface area contributed by atoms with Gasteiger partial charge in [-0.05, 0) is 24.7 Å². The van der Waals surface area contributed by atoms with Gasteiger partial charge in [-0.25, -0.2) is 8.78 Å². The summed E-state index contributed by atoms with van der Waals surface area (Å²) in [4.78, 5) is 15.9. The Morgan fingerprint density at radius 3 is 2.52 bits per heavy atom. The highest BCUT2D eigenvalue weighted by atomic mass is 19.3. The molecule has 0 radical (unpaired) electrons. The van der Waals surface area contributed by atoms with Crippen molar-refractivity contribution in [2.45, 2.75) is 58.1 Å². The molecule has 0 spiro atoms. The van der Waals surface area contributed by atoms with Crippen molar-refractivity contribution in [3.05, 3.63) is 0 Å². The van der Waals surface area contributed by atoms with Gasteiger partial charge >= 0.3 is 0 Å². The zero-order valence-electron chi connectivity index (χ0n) is 13.1. The number of alkyl halides is 2. The molecule has 2 atom stereocenters. The van der Waals surface area contributed by atoms with E-state index in [1.165, 1.54) is 0 Å². The van der Waals surface area contributed by atoms with Gasteiger partial charge in [0, 0.05) is 19.6 Å². The second kappa shape index (κ2) is 5.80. The molecule has 0 aromatic rings. The summed E-state index contributed by atoms with van der Waals surface area (Å²) in [7, 11) is 0. The van der Waals surface area contributed by atoms with Crippen LogP contribution in [0.3, 0.4) is 0 Å². The molecule has 1 amide bonds. The molecule has 2 saturated heterocycles. The number of likely N-dealkylation sites (tertiary alicyclic amines) is 2. The van der Waals surface area contributed by atoms with E-state index in [0.29, 0.717) is 26.1 Å². The van der Waals surface area contributed by atoms with Crippen LogP contribution < -0.4 is 0 Å². The second-order valence-electron chi connectivity index (χ2n) is 7.51. The number of piperidine rings is 2. The van der Waals surface area contributed by atoms with Gasteiger partial charge in [-0.3, -0.25) is 9.69 Å². The predicted molar refractivity (Wildman–Crippen MR) is 76.2 cm³/mol. The van der Waals surface area contributed by atoms with E-state index in [1.807, 2.05) is 0 Å². The Kier molecular flexibility index (Phi) is 4.59. The molecule has 0 saturated carbocycles. The Labute approximate surface area is 125 Å². The van der Waals surface area contributed by atoms with Crippen LogP contribution in [0.5, 0.6) is 0 Å². The summed E-state index contributed by atoms with van der Waals surface area (Å²) in [5.41, 5.74) is -0.000417. The minimum Gasteiger partial charge on any atom is -0.387 e. The van der Waals surface area contributed by atoms with Crippen LogP contribution in [0.25, 0.3) is 0 Å². The molecule has 0 bridgehead atoms. The van der Waals surface area contributed by atoms with Gasteiger partial charge in [0.05, 0.1) is 12.6 Å². The highest BCUT2D eigenvalue weighted by Crippen LogP contribution is 2.31. The van der Waals surface area contributed by atoms with Crippen molar-refractivity contribution >= 4 is 5.91 Å². The van der Waals surface area contributed by atoms with Gasteiger partial charge in [-0.2, -0.15) is 0 Å². The van der Waals surface area contributed by atoms with Gasteiger partial charge in [-0.15, -0.1) is 0 Å². The molecular formula is C15H26F2N2O2. The number of aliphatic hydroxyl groups excluding tert-OH is 1. The first-order chi connectivity index (χ1) is 9.60. The van der Waals surface area contributed by atoms with Crippen LogP contribution in [0.4, 0.5) is 8.78 Å². The van der Waals surface area contributed by atoms with E-state index < -0.39 is 24.6 Å². The summed E-state index contributed by atoms with van der Waals surface area (Å²) >= 11 is 0. The molecule has 2 fully saturated rings. The van der Waals surface area contributed by atoms with Gasteiger partial charge in [-0.1, -0.05) is 20.8 Å². The van der Waals surface area contributed by atoms with E-state index in [4.69, 9.17) is 0 Å². The number of aliphatic hydroxyl groups is 1. The van der Waals surface area contributed by atoms with Crippen molar-refractivity contribution < 1.29 is 18.7 Å². The van der Waals surface area contributed by atoms with Crippen molar-refractivity contribution in [2.24, 2.45) is 5.41 Å². The molecule has 0 aromatic heterocycles. The van der Waals surface area contributed by atoms with E-state index in [-0.39, 0.29) is 17.7 Å². The highest BCUT2D eigenvalue weighted by molar-refractivity contribution is 5.82. The maximum Gasteiger partial charge on any atom is 0.285 e. The maximum atomic E-state index is 13.7. The smallest absolute Gasteiger partial charge is 0.285 e. The molecule has 2 rings (SSSR count). The molecule has 2 heterocycles. The largest absolute Gasteiger partial charge is 0.387 e. The normalized spacial score (nSPS) is 31.5. The number of nitrogens with zero attached hydrogens (tertiary/aromatic N) is 2. The fraction of sp³-hybridized carbons (Fsp3) is 0.933. The van der Waals surface area contributed by atoms with E-state index >= 15 is 0 Å². The van der Waals surface area contributed by atoms with Gasteiger partial charge in [0.2, 0.25) is 5.91 Å². The third kappa shape index (κ3) is 3.92. The van der Waals surface area contributed by atoms with Gasteiger partial charge in [0.25, 0.3) is 5.92 Å². The Balaban J connectivity index is 2.04. The van der Waals surface area contributed by atoms with Crippen LogP contribution in [0.1, 0.15) is 40.0 Å². The average molecular weight is 304 g/mol. The third-order valence-corrected chi connectivity index (χ3v) is 4.20. The molecule has 0 unspecified atom stereocenters. The van der Waals surface area contributed by atoms with Crippen molar-refractivity contribution in [3.8, 4) is 0 Å². The number of hydrogen-bond donors (Lipinski definition) is 1. The Hall–Kier alpha value is -0.750. The third-order valence-electron chi connectivity index (χ3n) is 4.20. The quantitative estimate of drug-likeness (QED) is 0.845. The van der Waals surface area contributed by atoms with Gasteiger partial charge in [0.15, 0.2) is 0 Å². The molecule has 2 aliphatic rings. The Morgan fingerprint density at radius 1 is 1.29 bits per heavy atom. The summed E-state index contributed by atoms with van der Waals surface area (Å²) in [6.07, 6.45) is -0.0862. The minimum atomic E-state index is -3.12. The van der Waals surface area contributed by atoms with Crippen molar-refractivity contribution in [1.29, 1.82) is 0 Å². The lowest BCUT2D eigenvalue weighted by Gasteiger charge is -2.44. The van der Waals surface area contributed by atoms with Crippen molar-refractivity contribution in [3.63, 3.8) is 0 Å². The first kappa shape index (κ1) is 16.6. The zero-order valence-corrected chi connectivity index (χ0v) is 13.1. The van der Waals surface area contributed by atoms with Crippen LogP contribution in [0, 0.1) is 5.41 Å². The van der Waals surface area contributed by atoms with Crippen LogP contribution in [-0.2, 0) is 4.79 Å². The summed E-state index contributed by atoms with van der Waals surface area (Å²) in [5.74, 6) is -3.16. The number of halogens is 2. The molecule has 0 aromatic carbocycles. The molecule has 2 aliphatic heterocycles. The SMILES string of the molecule is CC(C)(C)CN1CCC[C@H](N2CC[C@@H](O)C(F)(F)C2)C1=O. The summed E-state index contributed by atoms with van der Waals surface area (Å²) in [5, 5.41) is 9.35. The summed E-state index contributed by atoms with van der Waals surface area (Å²) < 4.78 is 27.4. The lowest BCUT2D eigenvalue weighted by atomic mass is 9.92. The topological polar surface area (TPSA) is 43.8 Å². The first-order valence-electron chi connectivity index (χ1n) is 7.69. The predicted octanol–water partition coefficient (Wildman–Crippen LogP) is 1.73. The van der Waals surface area contributed by atoms with Crippen LogP contribution in [0.15, 0.2) is 0 Å². The Morgan fingerprint density at radius 2 is 1.95 bits per heavy atom. The van der Waals surface area contributed by atoms with E-state index in [2.05, 4.69) is 20.8 Å². The summed E-state index contributed by atoms with van der Waals surface area (Å²) in [6, 6.07) is -0.459. The molecule has 1 N–H and O–H groups in total. The van der Waals surface area contributed by atoms with E-state index in [0.717, 1.165) is 6.42 Å². The number of rotatable bonds is 2. The Bertz CT molecular complexity index is 396. The van der Waals surface area contributed by atoms with E-state index in [9.17, 15) is 18.7 Å². The fourth-order valence-electron chi connectivity index (χ4n) is 3.21. The first-order valence-corrected chi connectivity index (χ1v) is 7.69. The monoisotopic (exact) mass is 304 g/mol. The zero-order chi connectivity index (χ0) is 15.8. The molecular weight excluding hydrogens is 278 g/mol. The number of hydrogen-bond acceptors (Lipinski definition) is 3. The molecule has 122 valence electrons. The number of carbonyl (C=O) groups is 1. The fourth-order valence-corrected chi connectivity index (χ4v) is 3.21. The lowest BCUT2D eigenvalue weighted by molar-refractivity contribution is -0.167. The molecule has 0 aliphatic carbocycles. The highest BCUT2D eigenvalue weighted by Gasteiger charge is 2.47. The van der Waals surface area contributed by atoms with Crippen molar-refractivity contribution in [2.75, 3.05) is 26.2 Å².